The standard InChI is InChI=1S/C10H14N2O3/c1-7(15-3)9(13)4-10(14)8-5-11-12(2)6-8/h5-7H,4H2,1-3H3. The van der Waals surface area contributed by atoms with E-state index >= 15 is 0 Å². The maximum Gasteiger partial charge on any atom is 0.173 e. The number of methoxy groups -OCH3 is 1. The van der Waals surface area contributed by atoms with Gasteiger partial charge in [0.15, 0.2) is 11.6 Å². The van der Waals surface area contributed by atoms with E-state index in [-0.39, 0.29) is 18.0 Å². The molecule has 5 nitrogen and oxygen atoms in total. The molecule has 82 valence electrons. The van der Waals surface area contributed by atoms with Crippen molar-refractivity contribution in [1.82, 2.24) is 9.78 Å². The van der Waals surface area contributed by atoms with Gasteiger partial charge >= 0.3 is 0 Å². The molecule has 0 radical (unpaired) electrons. The maximum atomic E-state index is 11.6. The van der Waals surface area contributed by atoms with Crippen LogP contribution < -0.4 is 0 Å². The summed E-state index contributed by atoms with van der Waals surface area (Å²) >= 11 is 0. The van der Waals surface area contributed by atoms with Gasteiger partial charge in [-0.2, -0.15) is 5.10 Å². The van der Waals surface area contributed by atoms with Gasteiger partial charge in [-0.3, -0.25) is 14.3 Å². The van der Waals surface area contributed by atoms with Crippen molar-refractivity contribution in [2.24, 2.45) is 7.05 Å². The van der Waals surface area contributed by atoms with E-state index in [0.717, 1.165) is 0 Å². The van der Waals surface area contributed by atoms with Crippen LogP contribution in [-0.2, 0) is 16.6 Å². The summed E-state index contributed by atoms with van der Waals surface area (Å²) in [5.74, 6) is -0.441. The lowest BCUT2D eigenvalue weighted by Gasteiger charge is -2.06. The minimum absolute atomic E-state index is 0.138. The van der Waals surface area contributed by atoms with Crippen LogP contribution in [0.1, 0.15) is 23.7 Å². The highest BCUT2D eigenvalue weighted by atomic mass is 16.5. The molecule has 0 aliphatic heterocycles. The number of hydrogen-bond donors (Lipinski definition) is 0. The van der Waals surface area contributed by atoms with Crippen molar-refractivity contribution in [1.29, 1.82) is 0 Å². The zero-order valence-electron chi connectivity index (χ0n) is 9.06. The third kappa shape index (κ3) is 2.99. The monoisotopic (exact) mass is 210 g/mol. The first-order valence-corrected chi connectivity index (χ1v) is 4.62. The zero-order chi connectivity index (χ0) is 11.4. The smallest absolute Gasteiger partial charge is 0.173 e. The van der Waals surface area contributed by atoms with Gasteiger partial charge < -0.3 is 4.74 Å². The number of Topliss-reactive ketones (excluding diaryl/α,β-unsaturated/α-hetero) is 2. The molecule has 15 heavy (non-hydrogen) atoms. The van der Waals surface area contributed by atoms with Crippen LogP contribution in [0.5, 0.6) is 0 Å². The van der Waals surface area contributed by atoms with Gasteiger partial charge in [-0.1, -0.05) is 0 Å². The van der Waals surface area contributed by atoms with Gasteiger partial charge in [-0.25, -0.2) is 0 Å². The average molecular weight is 210 g/mol. The van der Waals surface area contributed by atoms with Gasteiger partial charge in [0.25, 0.3) is 0 Å². The number of aryl methyl sites for hydroxylation is 1. The Balaban J connectivity index is 2.60. The fourth-order valence-electron chi connectivity index (χ4n) is 1.10. The first-order valence-electron chi connectivity index (χ1n) is 4.62. The SMILES string of the molecule is COC(C)C(=O)CC(=O)c1cnn(C)c1. The average Bonchev–Trinajstić information content (AvgIpc) is 2.63. The first-order chi connectivity index (χ1) is 7.04. The van der Waals surface area contributed by atoms with Crippen molar-refractivity contribution in [3.63, 3.8) is 0 Å². The Labute approximate surface area is 88.0 Å². The quantitative estimate of drug-likeness (QED) is 0.527. The van der Waals surface area contributed by atoms with Crippen molar-refractivity contribution in [2.45, 2.75) is 19.4 Å². The van der Waals surface area contributed by atoms with Gasteiger partial charge in [0, 0.05) is 20.4 Å². The molecule has 1 rings (SSSR count). The Morgan fingerprint density at radius 3 is 2.73 bits per heavy atom. The molecule has 1 atom stereocenters. The van der Waals surface area contributed by atoms with Crippen LogP contribution in [0, 0.1) is 0 Å². The van der Waals surface area contributed by atoms with Crippen molar-refractivity contribution in [2.75, 3.05) is 7.11 Å². The number of hydrogen-bond acceptors (Lipinski definition) is 4. The number of ketones is 2. The molecule has 0 aromatic carbocycles. The highest BCUT2D eigenvalue weighted by Gasteiger charge is 2.18. The second kappa shape index (κ2) is 4.84. The van der Waals surface area contributed by atoms with Crippen LogP contribution in [-0.4, -0.2) is 34.6 Å². The highest BCUT2D eigenvalue weighted by molar-refractivity contribution is 6.08. The molecule has 0 aliphatic carbocycles. The molecule has 0 saturated carbocycles. The van der Waals surface area contributed by atoms with E-state index in [4.69, 9.17) is 4.74 Å². The lowest BCUT2D eigenvalue weighted by Crippen LogP contribution is -2.21. The Morgan fingerprint density at radius 2 is 2.27 bits per heavy atom. The summed E-state index contributed by atoms with van der Waals surface area (Å²) in [6.45, 7) is 1.62. The van der Waals surface area contributed by atoms with E-state index in [1.54, 1.807) is 20.2 Å². The van der Waals surface area contributed by atoms with Crippen molar-refractivity contribution >= 4 is 11.6 Å². The van der Waals surface area contributed by atoms with Gasteiger partial charge in [-0.15, -0.1) is 0 Å². The van der Waals surface area contributed by atoms with Gasteiger partial charge in [0.1, 0.15) is 6.10 Å². The third-order valence-electron chi connectivity index (χ3n) is 2.17. The minimum atomic E-state index is -0.536. The Kier molecular flexibility index (Phi) is 3.74. The summed E-state index contributed by atoms with van der Waals surface area (Å²) in [5, 5.41) is 3.86. The molecule has 1 aromatic rings. The molecule has 1 unspecified atom stereocenters. The number of rotatable bonds is 5. The predicted molar refractivity (Wildman–Crippen MR) is 53.6 cm³/mol. The summed E-state index contributed by atoms with van der Waals surface area (Å²) in [7, 11) is 3.16. The van der Waals surface area contributed by atoms with E-state index in [0.29, 0.717) is 5.56 Å². The number of nitrogens with zero attached hydrogens (tertiary/aromatic N) is 2. The molecule has 0 amide bonds. The Bertz CT molecular complexity index is 370. The van der Waals surface area contributed by atoms with Crippen LogP contribution in [0.25, 0.3) is 0 Å². The molecule has 0 fully saturated rings. The second-order valence-electron chi connectivity index (χ2n) is 3.35. The number of carbonyl (C=O) groups excluding carboxylic acids is 2. The van der Waals surface area contributed by atoms with Crippen LogP contribution in [0.4, 0.5) is 0 Å². The molecule has 0 bridgehead atoms. The molecule has 0 aliphatic rings. The van der Waals surface area contributed by atoms with E-state index in [1.165, 1.54) is 18.0 Å². The van der Waals surface area contributed by atoms with E-state index < -0.39 is 6.10 Å². The molecule has 1 heterocycles. The second-order valence-corrected chi connectivity index (χ2v) is 3.35. The van der Waals surface area contributed by atoms with Crippen molar-refractivity contribution in [3.8, 4) is 0 Å². The van der Waals surface area contributed by atoms with Gasteiger partial charge in [-0.05, 0) is 6.92 Å². The third-order valence-corrected chi connectivity index (χ3v) is 2.17. The molecule has 0 N–H and O–H groups in total. The van der Waals surface area contributed by atoms with Crippen molar-refractivity contribution in [3.05, 3.63) is 18.0 Å². The van der Waals surface area contributed by atoms with E-state index in [2.05, 4.69) is 5.10 Å². The lowest BCUT2D eigenvalue weighted by molar-refractivity contribution is -0.126. The molecule has 0 spiro atoms. The maximum absolute atomic E-state index is 11.6. The Hall–Kier alpha value is -1.49. The fourth-order valence-corrected chi connectivity index (χ4v) is 1.10. The van der Waals surface area contributed by atoms with Crippen LogP contribution in [0.2, 0.25) is 0 Å². The molecule has 1 aromatic heterocycles. The lowest BCUT2D eigenvalue weighted by atomic mass is 10.1. The molecular formula is C10H14N2O3. The first kappa shape index (κ1) is 11.6. The normalized spacial score (nSPS) is 12.5. The van der Waals surface area contributed by atoms with E-state index in [1.807, 2.05) is 0 Å². The summed E-state index contributed by atoms with van der Waals surface area (Å²) in [6, 6.07) is 0. The van der Waals surface area contributed by atoms with Gasteiger partial charge in [0.2, 0.25) is 0 Å². The zero-order valence-corrected chi connectivity index (χ0v) is 9.06. The van der Waals surface area contributed by atoms with Crippen LogP contribution in [0.15, 0.2) is 12.4 Å². The number of ether oxygens (including phenoxy) is 1. The molecule has 0 saturated heterocycles. The van der Waals surface area contributed by atoms with E-state index in [9.17, 15) is 9.59 Å². The van der Waals surface area contributed by atoms with Crippen LogP contribution in [0.3, 0.4) is 0 Å². The van der Waals surface area contributed by atoms with Gasteiger partial charge in [0.05, 0.1) is 18.2 Å². The highest BCUT2D eigenvalue weighted by Crippen LogP contribution is 2.04. The summed E-state index contributed by atoms with van der Waals surface area (Å²) in [6.07, 6.45) is 2.37. The minimum Gasteiger partial charge on any atom is -0.374 e. The fraction of sp³-hybridized carbons (Fsp3) is 0.500. The molecular weight excluding hydrogens is 196 g/mol. The summed E-state index contributed by atoms with van der Waals surface area (Å²) < 4.78 is 6.36. The number of aromatic nitrogens is 2. The number of carbonyl (C=O) groups is 2. The Morgan fingerprint density at radius 1 is 1.60 bits per heavy atom. The summed E-state index contributed by atoms with van der Waals surface area (Å²) in [4.78, 5) is 23.0. The topological polar surface area (TPSA) is 61.2 Å². The van der Waals surface area contributed by atoms with Crippen molar-refractivity contribution < 1.29 is 14.3 Å². The van der Waals surface area contributed by atoms with Crippen LogP contribution >= 0.6 is 0 Å². The largest absolute Gasteiger partial charge is 0.374 e. The molecule has 5 heteroatoms. The predicted octanol–water partition coefficient (Wildman–Crippen LogP) is 0.597. The summed E-state index contributed by atoms with van der Waals surface area (Å²) in [5.41, 5.74) is 0.453.